The Hall–Kier alpha value is -0.350. The minimum absolute atomic E-state index is 0.290. The van der Waals surface area contributed by atoms with E-state index in [1.807, 2.05) is 0 Å². The first-order valence-electron chi connectivity index (χ1n) is 6.13. The van der Waals surface area contributed by atoms with Gasteiger partial charge in [0.05, 0.1) is 4.47 Å². The lowest BCUT2D eigenvalue weighted by molar-refractivity contribution is 0.330. The fourth-order valence-electron chi connectivity index (χ4n) is 2.36. The van der Waals surface area contributed by atoms with E-state index in [0.29, 0.717) is 6.04 Å². The van der Waals surface area contributed by atoms with Crippen molar-refractivity contribution in [1.29, 1.82) is 0 Å². The van der Waals surface area contributed by atoms with Crippen molar-refractivity contribution in [3.63, 3.8) is 0 Å². The van der Waals surface area contributed by atoms with Crippen LogP contribution in [0.1, 0.15) is 39.0 Å². The van der Waals surface area contributed by atoms with Crippen molar-refractivity contribution < 1.29 is 0 Å². The zero-order valence-corrected chi connectivity index (χ0v) is 12.3. The molecule has 0 spiro atoms. The highest BCUT2D eigenvalue weighted by atomic mass is 79.9. The van der Waals surface area contributed by atoms with Crippen LogP contribution in [-0.2, 0) is 0 Å². The van der Waals surface area contributed by atoms with Gasteiger partial charge in [-0.1, -0.05) is 13.3 Å². The third kappa shape index (κ3) is 3.55. The fourth-order valence-corrected chi connectivity index (χ4v) is 2.79. The van der Waals surface area contributed by atoms with Crippen LogP contribution in [0.4, 0.5) is 5.82 Å². The Morgan fingerprint density at radius 1 is 1.41 bits per heavy atom. The first-order valence-corrected chi connectivity index (χ1v) is 7.30. The van der Waals surface area contributed by atoms with Crippen molar-refractivity contribution in [3.05, 3.63) is 16.0 Å². The van der Waals surface area contributed by atoms with Crippen molar-refractivity contribution in [3.8, 4) is 0 Å². The molecule has 1 aliphatic carbocycles. The Labute approximate surface area is 116 Å². The number of halogens is 2. The van der Waals surface area contributed by atoms with Crippen LogP contribution < -0.4 is 5.32 Å². The number of anilines is 1. The first-order chi connectivity index (χ1) is 8.19. The molecule has 1 heterocycles. The Bertz CT molecular complexity index is 378. The number of hydrogen-bond donors (Lipinski definition) is 1. The number of hydrogen-bond acceptors (Lipinski definition) is 3. The molecule has 0 unspecified atom stereocenters. The summed E-state index contributed by atoms with van der Waals surface area (Å²) in [6.45, 7) is 2.28. The second-order valence-corrected chi connectivity index (χ2v) is 5.80. The lowest BCUT2D eigenvalue weighted by Gasteiger charge is -2.28. The van der Waals surface area contributed by atoms with Crippen LogP contribution in [0.3, 0.4) is 0 Å². The fraction of sp³-hybridized carbons (Fsp3) is 0.667. The van der Waals surface area contributed by atoms with Crippen molar-refractivity contribution >= 4 is 33.3 Å². The third-order valence-corrected chi connectivity index (χ3v) is 4.24. The van der Waals surface area contributed by atoms with Gasteiger partial charge in [-0.05, 0) is 59.1 Å². The van der Waals surface area contributed by atoms with Crippen LogP contribution >= 0.6 is 27.5 Å². The van der Waals surface area contributed by atoms with E-state index >= 15 is 0 Å². The average molecular weight is 319 g/mol. The topological polar surface area (TPSA) is 37.8 Å². The summed E-state index contributed by atoms with van der Waals surface area (Å²) in [6.07, 6.45) is 8.04. The summed E-state index contributed by atoms with van der Waals surface area (Å²) in [5.41, 5.74) is 0. The van der Waals surface area contributed by atoms with Crippen molar-refractivity contribution in [2.24, 2.45) is 5.92 Å². The monoisotopic (exact) mass is 317 g/mol. The molecule has 0 aromatic carbocycles. The maximum atomic E-state index is 5.80. The molecule has 0 amide bonds. The van der Waals surface area contributed by atoms with Crippen molar-refractivity contribution in [2.45, 2.75) is 45.1 Å². The second-order valence-electron chi connectivity index (χ2n) is 4.61. The second kappa shape index (κ2) is 6.01. The summed E-state index contributed by atoms with van der Waals surface area (Å²) in [5, 5.41) is 3.74. The molecule has 3 nitrogen and oxygen atoms in total. The van der Waals surface area contributed by atoms with E-state index in [1.165, 1.54) is 32.1 Å². The third-order valence-electron chi connectivity index (χ3n) is 3.48. The van der Waals surface area contributed by atoms with E-state index in [4.69, 9.17) is 11.6 Å². The molecule has 1 N–H and O–H groups in total. The molecule has 0 saturated heterocycles. The molecule has 2 rings (SSSR count). The van der Waals surface area contributed by atoms with Gasteiger partial charge in [-0.15, -0.1) is 0 Å². The minimum Gasteiger partial charge on any atom is -0.366 e. The Balaban J connectivity index is 1.95. The zero-order chi connectivity index (χ0) is 12.3. The predicted molar refractivity (Wildman–Crippen MR) is 74.4 cm³/mol. The number of nitrogens with one attached hydrogen (secondary N) is 1. The highest BCUT2D eigenvalue weighted by Gasteiger charge is 2.20. The van der Waals surface area contributed by atoms with E-state index in [1.54, 1.807) is 6.20 Å². The van der Waals surface area contributed by atoms with E-state index in [-0.39, 0.29) is 5.28 Å². The maximum absolute atomic E-state index is 5.80. The van der Waals surface area contributed by atoms with Crippen LogP contribution in [-0.4, -0.2) is 16.0 Å². The number of nitrogens with zero attached hydrogens (tertiary/aromatic N) is 2. The molecule has 1 aromatic rings. The number of rotatable bonds is 3. The Kier molecular flexibility index (Phi) is 4.62. The Morgan fingerprint density at radius 2 is 2.12 bits per heavy atom. The van der Waals surface area contributed by atoms with Crippen molar-refractivity contribution in [2.75, 3.05) is 5.32 Å². The predicted octanol–water partition coefficient (Wildman–Crippen LogP) is 4.27. The number of aromatic nitrogens is 2. The highest BCUT2D eigenvalue weighted by Crippen LogP contribution is 2.29. The molecule has 0 bridgehead atoms. The lowest BCUT2D eigenvalue weighted by atomic mass is 9.84. The van der Waals surface area contributed by atoms with E-state index in [2.05, 4.69) is 38.1 Å². The molecule has 1 aromatic heterocycles. The van der Waals surface area contributed by atoms with Crippen LogP contribution in [0.25, 0.3) is 0 Å². The largest absolute Gasteiger partial charge is 0.366 e. The van der Waals surface area contributed by atoms with Gasteiger partial charge in [-0.25, -0.2) is 4.98 Å². The van der Waals surface area contributed by atoms with E-state index in [0.717, 1.165) is 16.2 Å². The highest BCUT2D eigenvalue weighted by molar-refractivity contribution is 9.10. The molecule has 1 fully saturated rings. The smallest absolute Gasteiger partial charge is 0.224 e. The summed E-state index contributed by atoms with van der Waals surface area (Å²) >= 11 is 9.23. The molecule has 0 radical (unpaired) electrons. The SMILES string of the molecule is CCC1CCC(Nc2nc(Cl)ncc2Br)CC1. The van der Waals surface area contributed by atoms with Crippen LogP contribution in [0, 0.1) is 5.92 Å². The van der Waals surface area contributed by atoms with Gasteiger partial charge in [0.2, 0.25) is 5.28 Å². The molecule has 1 saturated carbocycles. The van der Waals surface area contributed by atoms with Gasteiger partial charge in [0.15, 0.2) is 0 Å². The minimum atomic E-state index is 0.290. The van der Waals surface area contributed by atoms with Gasteiger partial charge >= 0.3 is 0 Å². The molecule has 17 heavy (non-hydrogen) atoms. The van der Waals surface area contributed by atoms with Crippen LogP contribution in [0.2, 0.25) is 5.28 Å². The molecular weight excluding hydrogens is 302 g/mol. The summed E-state index contributed by atoms with van der Waals surface area (Å²) < 4.78 is 0.875. The van der Waals surface area contributed by atoms with Gasteiger partial charge in [0.1, 0.15) is 5.82 Å². The molecule has 94 valence electrons. The summed E-state index contributed by atoms with van der Waals surface area (Å²) in [6, 6.07) is 0.514. The average Bonchev–Trinajstić information content (AvgIpc) is 2.35. The van der Waals surface area contributed by atoms with Crippen LogP contribution in [0.15, 0.2) is 10.7 Å². The molecular formula is C12H17BrClN3. The lowest BCUT2D eigenvalue weighted by Crippen LogP contribution is -2.26. The summed E-state index contributed by atoms with van der Waals surface area (Å²) in [4.78, 5) is 8.13. The van der Waals surface area contributed by atoms with Crippen molar-refractivity contribution in [1.82, 2.24) is 9.97 Å². The summed E-state index contributed by atoms with van der Waals surface area (Å²) in [5.74, 6) is 1.72. The van der Waals surface area contributed by atoms with Gasteiger partial charge < -0.3 is 5.32 Å². The Morgan fingerprint density at radius 3 is 2.76 bits per heavy atom. The van der Waals surface area contributed by atoms with E-state index in [9.17, 15) is 0 Å². The quantitative estimate of drug-likeness (QED) is 0.846. The normalized spacial score (nSPS) is 24.6. The molecule has 5 heteroatoms. The van der Waals surface area contributed by atoms with Crippen LogP contribution in [0.5, 0.6) is 0 Å². The van der Waals surface area contributed by atoms with E-state index < -0.39 is 0 Å². The van der Waals surface area contributed by atoms with Gasteiger partial charge in [-0.3, -0.25) is 0 Å². The summed E-state index contributed by atoms with van der Waals surface area (Å²) in [7, 11) is 0. The standard InChI is InChI=1S/C12H17BrClN3/c1-2-8-3-5-9(6-4-8)16-11-10(13)7-15-12(14)17-11/h7-9H,2-6H2,1H3,(H,15,16,17). The zero-order valence-electron chi connectivity index (χ0n) is 9.92. The maximum Gasteiger partial charge on any atom is 0.224 e. The van der Waals surface area contributed by atoms with Gasteiger partial charge in [0.25, 0.3) is 0 Å². The first kappa shape index (κ1) is 13.1. The van der Waals surface area contributed by atoms with Gasteiger partial charge in [0, 0.05) is 12.2 Å². The molecule has 0 atom stereocenters. The molecule has 1 aliphatic rings. The van der Waals surface area contributed by atoms with Gasteiger partial charge in [-0.2, -0.15) is 4.98 Å². The molecule has 0 aliphatic heterocycles.